The topological polar surface area (TPSA) is 0 Å². The Morgan fingerprint density at radius 3 is 1.82 bits per heavy atom. The fraction of sp³-hybridized carbons (Fsp3) is 1.00. The van der Waals surface area contributed by atoms with Crippen molar-refractivity contribution in [3.05, 3.63) is 0 Å². The molecule has 67 valence electrons. The van der Waals surface area contributed by atoms with Crippen molar-refractivity contribution in [2.75, 3.05) is 17.3 Å². The van der Waals surface area contributed by atoms with E-state index in [0.29, 0.717) is 4.58 Å². The first-order valence-corrected chi connectivity index (χ1v) is 6.83. The molecule has 0 fully saturated rings. The molecule has 0 atom stereocenters. The Bertz CT molecular complexity index is 67.7. The van der Waals surface area contributed by atoms with Crippen molar-refractivity contribution in [2.24, 2.45) is 0 Å². The van der Waals surface area contributed by atoms with Gasteiger partial charge in [-0.2, -0.15) is 0 Å². The minimum atomic E-state index is 0.671. The molecule has 3 heteroatoms. The summed E-state index contributed by atoms with van der Waals surface area (Å²) in [7, 11) is 0. The first-order valence-electron chi connectivity index (χ1n) is 4.16. The van der Waals surface area contributed by atoms with Crippen LogP contribution in [-0.2, 0) is 0 Å². The Morgan fingerprint density at radius 1 is 1.09 bits per heavy atom. The standard InChI is InChI=1S/C8H17S3/c1-3-5-10-8(7-9)11-6-4-2/h8H,3-7H2,1-2H3. The lowest BCUT2D eigenvalue weighted by Gasteiger charge is -2.11. The van der Waals surface area contributed by atoms with Crippen molar-refractivity contribution in [1.29, 1.82) is 0 Å². The molecule has 0 aliphatic carbocycles. The van der Waals surface area contributed by atoms with E-state index in [0.717, 1.165) is 5.75 Å². The maximum absolute atomic E-state index is 5.06. The summed E-state index contributed by atoms with van der Waals surface area (Å²) in [6.07, 6.45) is 2.53. The Kier molecular flexibility index (Phi) is 10.0. The van der Waals surface area contributed by atoms with Crippen LogP contribution in [0, 0.1) is 0 Å². The van der Waals surface area contributed by atoms with Gasteiger partial charge in [0.15, 0.2) is 0 Å². The van der Waals surface area contributed by atoms with Crippen LogP contribution < -0.4 is 0 Å². The zero-order valence-corrected chi connectivity index (χ0v) is 9.79. The molecule has 1 radical (unpaired) electrons. The van der Waals surface area contributed by atoms with Gasteiger partial charge < -0.3 is 0 Å². The number of rotatable bonds is 7. The smallest absolute Gasteiger partial charge is 0.0601 e. The predicted molar refractivity (Wildman–Crippen MR) is 61.7 cm³/mol. The summed E-state index contributed by atoms with van der Waals surface area (Å²) in [6.45, 7) is 4.44. The second-order valence-corrected chi connectivity index (χ2v) is 5.59. The highest BCUT2D eigenvalue weighted by atomic mass is 32.2. The fourth-order valence-electron chi connectivity index (χ4n) is 0.643. The molecule has 0 saturated carbocycles. The summed E-state index contributed by atoms with van der Waals surface area (Å²) in [6, 6.07) is 0. The molecule has 0 bridgehead atoms. The van der Waals surface area contributed by atoms with E-state index in [2.05, 4.69) is 13.8 Å². The summed E-state index contributed by atoms with van der Waals surface area (Å²) < 4.78 is 0.671. The molecule has 11 heavy (non-hydrogen) atoms. The van der Waals surface area contributed by atoms with E-state index in [1.807, 2.05) is 23.5 Å². The Hall–Kier alpha value is 1.05. The highest BCUT2D eigenvalue weighted by Gasteiger charge is 2.05. The molecule has 0 aromatic rings. The molecule has 0 heterocycles. The van der Waals surface area contributed by atoms with Gasteiger partial charge in [-0.15, -0.1) is 23.5 Å². The average molecular weight is 209 g/mol. The van der Waals surface area contributed by atoms with Crippen LogP contribution in [0.1, 0.15) is 26.7 Å². The van der Waals surface area contributed by atoms with E-state index < -0.39 is 0 Å². The summed E-state index contributed by atoms with van der Waals surface area (Å²) >= 11 is 9.10. The SMILES string of the molecule is CCCSC(C[S])SCCC. The highest BCUT2D eigenvalue weighted by Crippen LogP contribution is 2.25. The van der Waals surface area contributed by atoms with Gasteiger partial charge in [0.25, 0.3) is 0 Å². The lowest BCUT2D eigenvalue weighted by molar-refractivity contribution is 1.10. The van der Waals surface area contributed by atoms with Gasteiger partial charge in [0.2, 0.25) is 0 Å². The van der Waals surface area contributed by atoms with Gasteiger partial charge in [-0.05, 0) is 24.3 Å². The Balaban J connectivity index is 3.25. The second-order valence-electron chi connectivity index (χ2n) is 2.34. The fourth-order valence-corrected chi connectivity index (χ4v) is 3.37. The number of hydrogen-bond donors (Lipinski definition) is 0. The van der Waals surface area contributed by atoms with E-state index in [4.69, 9.17) is 12.6 Å². The molecule has 0 N–H and O–H groups in total. The van der Waals surface area contributed by atoms with Crippen LogP contribution in [-0.4, -0.2) is 21.8 Å². The molecule has 0 unspecified atom stereocenters. The van der Waals surface area contributed by atoms with Crippen LogP contribution in [0.25, 0.3) is 0 Å². The van der Waals surface area contributed by atoms with Gasteiger partial charge in [-0.1, -0.05) is 26.5 Å². The van der Waals surface area contributed by atoms with Gasteiger partial charge in [0.1, 0.15) is 0 Å². The second kappa shape index (κ2) is 9.14. The number of hydrogen-bond acceptors (Lipinski definition) is 2. The molecule has 0 aromatic heterocycles. The summed E-state index contributed by atoms with van der Waals surface area (Å²) in [5.74, 6) is 3.42. The molecule has 0 aromatic carbocycles. The normalized spacial score (nSPS) is 10.9. The van der Waals surface area contributed by atoms with Gasteiger partial charge in [0, 0.05) is 5.75 Å². The van der Waals surface area contributed by atoms with Gasteiger partial charge in [-0.25, -0.2) is 0 Å². The highest BCUT2D eigenvalue weighted by molar-refractivity contribution is 8.17. The van der Waals surface area contributed by atoms with Crippen LogP contribution in [0.2, 0.25) is 0 Å². The molecule has 0 rings (SSSR count). The molecule has 0 amide bonds. The first-order chi connectivity index (χ1) is 5.35. The third-order valence-corrected chi connectivity index (χ3v) is 5.09. The van der Waals surface area contributed by atoms with Crippen molar-refractivity contribution in [3.8, 4) is 0 Å². The zero-order chi connectivity index (χ0) is 8.53. The van der Waals surface area contributed by atoms with Crippen LogP contribution in [0.5, 0.6) is 0 Å². The van der Waals surface area contributed by atoms with E-state index in [-0.39, 0.29) is 0 Å². The van der Waals surface area contributed by atoms with Crippen LogP contribution >= 0.6 is 36.2 Å². The van der Waals surface area contributed by atoms with Crippen LogP contribution in [0.4, 0.5) is 0 Å². The van der Waals surface area contributed by atoms with Crippen molar-refractivity contribution < 1.29 is 0 Å². The van der Waals surface area contributed by atoms with Crippen molar-refractivity contribution in [1.82, 2.24) is 0 Å². The molecular weight excluding hydrogens is 192 g/mol. The Labute approximate surface area is 84.7 Å². The van der Waals surface area contributed by atoms with Crippen molar-refractivity contribution in [2.45, 2.75) is 31.3 Å². The maximum Gasteiger partial charge on any atom is 0.0601 e. The molecular formula is C8H17S3. The minimum absolute atomic E-state index is 0.671. The van der Waals surface area contributed by atoms with E-state index in [9.17, 15) is 0 Å². The minimum Gasteiger partial charge on any atom is -0.147 e. The van der Waals surface area contributed by atoms with Crippen LogP contribution in [0.15, 0.2) is 0 Å². The van der Waals surface area contributed by atoms with Crippen molar-refractivity contribution >= 4 is 36.2 Å². The lowest BCUT2D eigenvalue weighted by Crippen LogP contribution is -2.00. The molecule has 0 nitrogen and oxygen atoms in total. The summed E-state index contributed by atoms with van der Waals surface area (Å²) in [5, 5.41) is 0. The predicted octanol–water partition coefficient (Wildman–Crippen LogP) is 3.80. The Morgan fingerprint density at radius 2 is 1.55 bits per heavy atom. The van der Waals surface area contributed by atoms with Gasteiger partial charge >= 0.3 is 0 Å². The third-order valence-electron chi connectivity index (χ3n) is 1.15. The van der Waals surface area contributed by atoms with Gasteiger partial charge in [-0.3, -0.25) is 0 Å². The first kappa shape index (κ1) is 12.0. The maximum atomic E-state index is 5.06. The zero-order valence-electron chi connectivity index (χ0n) is 7.34. The average Bonchev–Trinajstić information content (AvgIpc) is 2.05. The molecule has 0 spiro atoms. The van der Waals surface area contributed by atoms with Gasteiger partial charge in [0.05, 0.1) is 4.58 Å². The van der Waals surface area contributed by atoms with E-state index in [1.165, 1.54) is 24.3 Å². The van der Waals surface area contributed by atoms with Crippen LogP contribution in [0.3, 0.4) is 0 Å². The van der Waals surface area contributed by atoms with Crippen molar-refractivity contribution in [3.63, 3.8) is 0 Å². The molecule has 0 saturated heterocycles. The summed E-state index contributed by atoms with van der Waals surface area (Å²) in [5.41, 5.74) is 0. The quantitative estimate of drug-likeness (QED) is 0.585. The molecule has 0 aliphatic rings. The molecule has 0 aliphatic heterocycles. The lowest BCUT2D eigenvalue weighted by atomic mass is 10.6. The largest absolute Gasteiger partial charge is 0.147 e. The van der Waals surface area contributed by atoms with E-state index in [1.54, 1.807) is 0 Å². The summed E-state index contributed by atoms with van der Waals surface area (Å²) in [4.78, 5) is 0. The van der Waals surface area contributed by atoms with E-state index >= 15 is 0 Å². The number of thioether (sulfide) groups is 2. The third kappa shape index (κ3) is 7.41. The monoisotopic (exact) mass is 209 g/mol.